The van der Waals surface area contributed by atoms with E-state index >= 15 is 0 Å². The third kappa shape index (κ3) is 8.30. The van der Waals surface area contributed by atoms with Gasteiger partial charge in [-0.15, -0.1) is 0 Å². The number of carboxylic acids is 1. The zero-order chi connectivity index (χ0) is 33.5. The summed E-state index contributed by atoms with van der Waals surface area (Å²) in [5, 5.41) is 27.3. The molecule has 47 heavy (non-hydrogen) atoms. The topological polar surface area (TPSA) is 155 Å². The van der Waals surface area contributed by atoms with Gasteiger partial charge >= 0.3 is 11.9 Å². The van der Waals surface area contributed by atoms with Crippen LogP contribution in [0.1, 0.15) is 103 Å². The second-order valence-electron chi connectivity index (χ2n) is 11.6. The average molecular weight is 631 g/mol. The molecule has 238 valence electrons. The van der Waals surface area contributed by atoms with Gasteiger partial charge in [-0.25, -0.2) is 9.59 Å². The first-order chi connectivity index (χ1) is 22.7. The largest absolute Gasteiger partial charge is 0.486 e. The van der Waals surface area contributed by atoms with E-state index < -0.39 is 11.9 Å². The molecule has 10 heteroatoms. The Bertz CT molecular complexity index is 1900. The highest BCUT2D eigenvalue weighted by Crippen LogP contribution is 2.42. The van der Waals surface area contributed by atoms with Crippen molar-refractivity contribution >= 4 is 11.9 Å². The molecule has 0 unspecified atom stereocenters. The van der Waals surface area contributed by atoms with Crippen molar-refractivity contribution in [2.24, 2.45) is 0 Å². The lowest BCUT2D eigenvalue weighted by Crippen LogP contribution is -2.10. The number of carbonyl (C=O) groups is 2. The second kappa shape index (κ2) is 14.6. The number of carboxylic acid groups (broad SMARTS) is 1. The number of aromatic nitrogens is 2. The average Bonchev–Trinajstić information content (AvgIpc) is 4.00. The fourth-order valence-electron chi connectivity index (χ4n) is 5.10. The van der Waals surface area contributed by atoms with Crippen LogP contribution in [0.5, 0.6) is 11.5 Å². The lowest BCUT2D eigenvalue weighted by Gasteiger charge is -2.14. The first-order valence-electron chi connectivity index (χ1n) is 15.3. The van der Waals surface area contributed by atoms with E-state index in [9.17, 15) is 14.7 Å². The molecule has 4 aromatic rings. The summed E-state index contributed by atoms with van der Waals surface area (Å²) in [6, 6.07) is 21.8. The van der Waals surface area contributed by atoms with Crippen LogP contribution in [0.25, 0.3) is 0 Å². The summed E-state index contributed by atoms with van der Waals surface area (Å²) < 4.78 is 16.5. The monoisotopic (exact) mass is 630 g/mol. The number of benzene rings is 2. The smallest absolute Gasteiger partial charge is 0.341 e. The highest BCUT2D eigenvalue weighted by Gasteiger charge is 2.29. The summed E-state index contributed by atoms with van der Waals surface area (Å²) in [6.07, 6.45) is 4.34. The van der Waals surface area contributed by atoms with Crippen LogP contribution in [0.3, 0.4) is 0 Å². The van der Waals surface area contributed by atoms with E-state index in [2.05, 4.69) is 22.1 Å². The van der Waals surface area contributed by atoms with E-state index in [-0.39, 0.29) is 18.8 Å². The lowest BCUT2D eigenvalue weighted by atomic mass is 10.1. The minimum atomic E-state index is -1.02. The maximum Gasteiger partial charge on any atom is 0.341 e. The molecule has 6 rings (SSSR count). The Morgan fingerprint density at radius 3 is 1.62 bits per heavy atom. The van der Waals surface area contributed by atoms with Crippen molar-refractivity contribution in [2.75, 3.05) is 7.11 Å². The molecule has 2 aliphatic carbocycles. The van der Waals surface area contributed by atoms with Crippen molar-refractivity contribution in [3.63, 3.8) is 0 Å². The van der Waals surface area contributed by atoms with E-state index in [0.717, 1.165) is 48.2 Å². The molecule has 0 saturated heterocycles. The second-order valence-corrected chi connectivity index (χ2v) is 11.6. The minimum Gasteiger partial charge on any atom is -0.486 e. The fraction of sp³-hybridized carbons (Fsp3) is 0.297. The first kappa shape index (κ1) is 32.6. The normalized spacial score (nSPS) is 13.3. The summed E-state index contributed by atoms with van der Waals surface area (Å²) in [6.45, 7) is 4.05. The Balaban J connectivity index is 0.000000185. The first-order valence-corrected chi connectivity index (χ1v) is 15.3. The van der Waals surface area contributed by atoms with Crippen molar-refractivity contribution in [2.45, 2.75) is 64.6 Å². The van der Waals surface area contributed by atoms with E-state index in [1.165, 1.54) is 7.11 Å². The number of aryl methyl sites for hydroxylation is 2. The van der Waals surface area contributed by atoms with Crippen molar-refractivity contribution in [3.05, 3.63) is 117 Å². The molecule has 0 aliphatic heterocycles. The van der Waals surface area contributed by atoms with Crippen molar-refractivity contribution < 1.29 is 28.9 Å². The number of pyridine rings is 2. The van der Waals surface area contributed by atoms with Crippen molar-refractivity contribution in [1.82, 2.24) is 9.97 Å². The van der Waals surface area contributed by atoms with Crippen LogP contribution in [-0.4, -0.2) is 34.1 Å². The predicted octanol–water partition coefficient (Wildman–Crippen LogP) is 6.92. The molecule has 1 N–H and O–H groups in total. The molecule has 2 heterocycles. The summed E-state index contributed by atoms with van der Waals surface area (Å²) in [4.78, 5) is 32.7. The zero-order valence-electron chi connectivity index (χ0n) is 26.4. The van der Waals surface area contributed by atoms with Crippen molar-refractivity contribution in [1.29, 1.82) is 10.5 Å². The number of nitriles is 2. The Kier molecular flexibility index (Phi) is 10.1. The molecule has 2 aromatic carbocycles. The van der Waals surface area contributed by atoms with Gasteiger partial charge in [0.2, 0.25) is 0 Å². The molecule has 2 saturated carbocycles. The van der Waals surface area contributed by atoms with Crippen LogP contribution < -0.4 is 9.47 Å². The number of methoxy groups -OCH3 is 1. The number of carbonyl (C=O) groups excluding carboxylic acids is 1. The molecule has 2 aromatic heterocycles. The number of aromatic carboxylic acids is 1. The van der Waals surface area contributed by atoms with Crippen LogP contribution in [0.2, 0.25) is 0 Å². The Labute approximate surface area is 273 Å². The zero-order valence-corrected chi connectivity index (χ0v) is 26.4. The Morgan fingerprint density at radius 1 is 0.766 bits per heavy atom. The van der Waals surface area contributed by atoms with Crippen LogP contribution in [0.4, 0.5) is 0 Å². The van der Waals surface area contributed by atoms with E-state index in [1.54, 1.807) is 55.5 Å². The van der Waals surface area contributed by atoms with Gasteiger partial charge < -0.3 is 19.3 Å². The molecule has 0 amide bonds. The quantitative estimate of drug-likeness (QED) is 0.182. The minimum absolute atomic E-state index is 0.149. The van der Waals surface area contributed by atoms with Gasteiger partial charge in [-0.2, -0.15) is 10.5 Å². The standard InChI is InChI=1S/C19H18N2O3.C18H16N2O3/c1-12-18(24-11-14-5-3-4-13(8-14)10-20)16(19(22)23-2)9-17(21-12)15-6-7-15;1-11-17(23-10-13-4-2-3-12(7-13)9-19)15(18(21)22)8-16(20-11)14-5-6-14/h3-5,8-9,15H,6-7,11H2,1-2H3;2-4,7-8,14H,5-6,10H2,1H3,(H,21,22). The van der Waals surface area contributed by atoms with Gasteiger partial charge in [0.1, 0.15) is 24.3 Å². The van der Waals surface area contributed by atoms with Crippen LogP contribution in [0, 0.1) is 36.5 Å². The van der Waals surface area contributed by atoms with Crippen molar-refractivity contribution in [3.8, 4) is 23.6 Å². The Morgan fingerprint density at radius 2 is 1.21 bits per heavy atom. The molecule has 0 atom stereocenters. The molecule has 2 aliphatic rings. The maximum atomic E-state index is 12.1. The third-order valence-corrected chi connectivity index (χ3v) is 7.83. The molecular formula is C37H34N4O6. The highest BCUT2D eigenvalue weighted by molar-refractivity contribution is 5.93. The van der Waals surface area contributed by atoms with Gasteiger partial charge in [0.15, 0.2) is 11.5 Å². The lowest BCUT2D eigenvalue weighted by molar-refractivity contribution is 0.0593. The van der Waals surface area contributed by atoms with Gasteiger partial charge in [0.25, 0.3) is 0 Å². The van der Waals surface area contributed by atoms with Gasteiger partial charge in [-0.1, -0.05) is 24.3 Å². The van der Waals surface area contributed by atoms with Gasteiger partial charge in [-0.05, 0) is 87.1 Å². The molecule has 0 radical (unpaired) electrons. The Hall–Kier alpha value is -5.74. The fourth-order valence-corrected chi connectivity index (χ4v) is 5.10. The van der Waals surface area contributed by atoms with E-state index in [1.807, 2.05) is 19.1 Å². The number of nitrogens with zero attached hydrogens (tertiary/aromatic N) is 4. The van der Waals surface area contributed by atoms with Crippen LogP contribution in [-0.2, 0) is 18.0 Å². The molecule has 10 nitrogen and oxygen atoms in total. The summed E-state index contributed by atoms with van der Waals surface area (Å²) in [5.74, 6) is 0.112. The summed E-state index contributed by atoms with van der Waals surface area (Å²) >= 11 is 0. The van der Waals surface area contributed by atoms with Gasteiger partial charge in [0.05, 0.1) is 41.8 Å². The highest BCUT2D eigenvalue weighted by atomic mass is 16.5. The maximum absolute atomic E-state index is 12.1. The van der Waals surface area contributed by atoms with Crippen LogP contribution >= 0.6 is 0 Å². The summed E-state index contributed by atoms with van der Waals surface area (Å²) in [5.41, 5.74) is 6.36. The third-order valence-electron chi connectivity index (χ3n) is 7.83. The molecule has 0 bridgehead atoms. The number of hydrogen-bond donors (Lipinski definition) is 1. The van der Waals surface area contributed by atoms with Crippen LogP contribution in [0.15, 0.2) is 60.7 Å². The number of ether oxygens (including phenoxy) is 3. The molecular weight excluding hydrogens is 596 g/mol. The number of rotatable bonds is 10. The SMILES string of the molecule is COC(=O)c1cc(C2CC2)nc(C)c1OCc1cccc(C#N)c1.Cc1nc(C2CC2)cc(C(=O)O)c1OCc1cccc(C#N)c1. The molecule has 2 fully saturated rings. The van der Waals surface area contributed by atoms with E-state index in [4.69, 9.17) is 24.7 Å². The van der Waals surface area contributed by atoms with Gasteiger partial charge in [-0.3, -0.25) is 9.97 Å². The molecule has 0 spiro atoms. The predicted molar refractivity (Wildman–Crippen MR) is 171 cm³/mol. The number of hydrogen-bond acceptors (Lipinski definition) is 9. The summed E-state index contributed by atoms with van der Waals surface area (Å²) in [7, 11) is 1.36. The van der Waals surface area contributed by atoms with Gasteiger partial charge in [0, 0.05) is 23.2 Å². The van der Waals surface area contributed by atoms with E-state index in [0.29, 0.717) is 51.4 Å². The number of esters is 1.